The molecule has 1 aliphatic carbocycles. The summed E-state index contributed by atoms with van der Waals surface area (Å²) in [7, 11) is 0. The molecule has 2 aromatic rings. The van der Waals surface area contributed by atoms with Gasteiger partial charge in [0, 0.05) is 16.2 Å². The zero-order valence-electron chi connectivity index (χ0n) is 12.8. The summed E-state index contributed by atoms with van der Waals surface area (Å²) in [5.41, 5.74) is 12.1. The molecule has 1 nitrogen and oxygen atoms in total. The van der Waals surface area contributed by atoms with Gasteiger partial charge >= 0.3 is 0 Å². The van der Waals surface area contributed by atoms with Crippen LogP contribution in [-0.2, 0) is 6.42 Å². The maximum absolute atomic E-state index is 6.61. The molecule has 0 radical (unpaired) electrons. The van der Waals surface area contributed by atoms with Crippen molar-refractivity contribution in [2.24, 2.45) is 5.73 Å². The molecule has 2 heteroatoms. The van der Waals surface area contributed by atoms with E-state index in [2.05, 4.69) is 56.3 Å². The summed E-state index contributed by atoms with van der Waals surface area (Å²) in [4.78, 5) is 1.38. The van der Waals surface area contributed by atoms with Gasteiger partial charge in [0.05, 0.1) is 0 Å². The standard InChI is InChI=1S/C19H23NS/c1-13-10-11-14(2)18(12-13)21-17-9-5-7-15-6-3-4-8-16(15)19(17)20/h3-4,6,8,10-12,17,19H,5,7,9,20H2,1-2H3. The van der Waals surface area contributed by atoms with Gasteiger partial charge in [-0.1, -0.05) is 42.0 Å². The van der Waals surface area contributed by atoms with Crippen LogP contribution in [0.1, 0.15) is 41.1 Å². The molecule has 0 bridgehead atoms. The monoisotopic (exact) mass is 297 g/mol. The van der Waals surface area contributed by atoms with E-state index < -0.39 is 0 Å². The Balaban J connectivity index is 1.87. The van der Waals surface area contributed by atoms with E-state index in [4.69, 9.17) is 5.73 Å². The highest BCUT2D eigenvalue weighted by atomic mass is 32.2. The Kier molecular flexibility index (Phi) is 4.37. The normalized spacial score (nSPS) is 21.7. The second kappa shape index (κ2) is 6.25. The predicted molar refractivity (Wildman–Crippen MR) is 91.9 cm³/mol. The zero-order valence-corrected chi connectivity index (χ0v) is 13.6. The third kappa shape index (κ3) is 3.17. The highest BCUT2D eigenvalue weighted by Gasteiger charge is 2.25. The second-order valence-corrected chi connectivity index (χ2v) is 7.32. The van der Waals surface area contributed by atoms with Gasteiger partial charge in [-0.05, 0) is 55.9 Å². The number of benzene rings is 2. The Morgan fingerprint density at radius 3 is 2.76 bits per heavy atom. The summed E-state index contributed by atoms with van der Waals surface area (Å²) in [5.74, 6) is 0. The molecular weight excluding hydrogens is 274 g/mol. The smallest absolute Gasteiger partial charge is 0.0421 e. The highest BCUT2D eigenvalue weighted by molar-refractivity contribution is 8.00. The minimum absolute atomic E-state index is 0.133. The van der Waals surface area contributed by atoms with Gasteiger partial charge < -0.3 is 5.73 Å². The molecule has 2 atom stereocenters. The number of hydrogen-bond donors (Lipinski definition) is 1. The molecule has 2 N–H and O–H groups in total. The van der Waals surface area contributed by atoms with Crippen LogP contribution in [0.5, 0.6) is 0 Å². The number of thioether (sulfide) groups is 1. The van der Waals surface area contributed by atoms with E-state index in [0.29, 0.717) is 5.25 Å². The molecule has 1 aliphatic rings. The average molecular weight is 297 g/mol. The molecule has 0 spiro atoms. The molecule has 21 heavy (non-hydrogen) atoms. The Labute approximate surface area is 132 Å². The van der Waals surface area contributed by atoms with E-state index in [1.165, 1.54) is 40.0 Å². The quantitative estimate of drug-likeness (QED) is 0.806. The van der Waals surface area contributed by atoms with Crippen molar-refractivity contribution < 1.29 is 0 Å². The van der Waals surface area contributed by atoms with E-state index >= 15 is 0 Å². The zero-order chi connectivity index (χ0) is 14.8. The summed E-state index contributed by atoms with van der Waals surface area (Å²) in [6.45, 7) is 4.35. The first-order valence-electron chi connectivity index (χ1n) is 7.72. The lowest BCUT2D eigenvalue weighted by atomic mass is 10.00. The van der Waals surface area contributed by atoms with E-state index in [-0.39, 0.29) is 6.04 Å². The average Bonchev–Trinajstić information content (AvgIpc) is 2.64. The van der Waals surface area contributed by atoms with Gasteiger partial charge in [-0.25, -0.2) is 0 Å². The molecule has 2 aromatic carbocycles. The first-order valence-corrected chi connectivity index (χ1v) is 8.60. The molecule has 2 unspecified atom stereocenters. The van der Waals surface area contributed by atoms with E-state index in [1.807, 2.05) is 11.8 Å². The molecule has 0 aromatic heterocycles. The van der Waals surface area contributed by atoms with Crippen molar-refractivity contribution in [3.63, 3.8) is 0 Å². The highest BCUT2D eigenvalue weighted by Crippen LogP contribution is 2.39. The van der Waals surface area contributed by atoms with Crippen molar-refractivity contribution in [2.75, 3.05) is 0 Å². The number of aryl methyl sites for hydroxylation is 3. The van der Waals surface area contributed by atoms with Gasteiger partial charge in [0.25, 0.3) is 0 Å². The Morgan fingerprint density at radius 1 is 1.10 bits per heavy atom. The molecule has 0 fully saturated rings. The topological polar surface area (TPSA) is 26.0 Å². The number of hydrogen-bond acceptors (Lipinski definition) is 2. The third-order valence-electron chi connectivity index (χ3n) is 4.37. The molecule has 0 aliphatic heterocycles. The summed E-state index contributed by atoms with van der Waals surface area (Å²) < 4.78 is 0. The van der Waals surface area contributed by atoms with Crippen LogP contribution in [-0.4, -0.2) is 5.25 Å². The molecule has 0 heterocycles. The maximum atomic E-state index is 6.61. The van der Waals surface area contributed by atoms with Crippen LogP contribution in [0.3, 0.4) is 0 Å². The van der Waals surface area contributed by atoms with Gasteiger partial charge in [-0.2, -0.15) is 0 Å². The van der Waals surface area contributed by atoms with E-state index in [1.54, 1.807) is 0 Å². The lowest BCUT2D eigenvalue weighted by Crippen LogP contribution is -2.23. The number of fused-ring (bicyclic) bond motifs is 1. The lowest BCUT2D eigenvalue weighted by molar-refractivity contribution is 0.632. The first kappa shape index (κ1) is 14.7. The SMILES string of the molecule is Cc1ccc(C)c(SC2CCCc3ccccc3C2N)c1. The van der Waals surface area contributed by atoms with Crippen molar-refractivity contribution in [1.29, 1.82) is 0 Å². The van der Waals surface area contributed by atoms with Gasteiger partial charge in [0.2, 0.25) is 0 Å². The summed E-state index contributed by atoms with van der Waals surface area (Å²) >= 11 is 1.97. The molecular formula is C19H23NS. The van der Waals surface area contributed by atoms with Crippen LogP contribution in [0.25, 0.3) is 0 Å². The van der Waals surface area contributed by atoms with Crippen molar-refractivity contribution in [3.8, 4) is 0 Å². The van der Waals surface area contributed by atoms with Crippen LogP contribution in [0.15, 0.2) is 47.4 Å². The molecule has 0 saturated carbocycles. The van der Waals surface area contributed by atoms with Gasteiger partial charge in [0.15, 0.2) is 0 Å². The van der Waals surface area contributed by atoms with Crippen molar-refractivity contribution in [1.82, 2.24) is 0 Å². The fraction of sp³-hybridized carbons (Fsp3) is 0.368. The Hall–Kier alpha value is -1.25. The number of nitrogens with two attached hydrogens (primary N) is 1. The van der Waals surface area contributed by atoms with Crippen molar-refractivity contribution >= 4 is 11.8 Å². The third-order valence-corrected chi connectivity index (χ3v) is 5.90. The van der Waals surface area contributed by atoms with Crippen molar-refractivity contribution in [3.05, 3.63) is 64.7 Å². The minimum atomic E-state index is 0.133. The lowest BCUT2D eigenvalue weighted by Gasteiger charge is -2.23. The fourth-order valence-electron chi connectivity index (χ4n) is 3.09. The van der Waals surface area contributed by atoms with Gasteiger partial charge in [0.1, 0.15) is 0 Å². The van der Waals surface area contributed by atoms with Crippen LogP contribution in [0.2, 0.25) is 0 Å². The van der Waals surface area contributed by atoms with Gasteiger partial charge in [-0.15, -0.1) is 11.8 Å². The Morgan fingerprint density at radius 2 is 1.90 bits per heavy atom. The second-order valence-electron chi connectivity index (χ2n) is 6.04. The van der Waals surface area contributed by atoms with Crippen LogP contribution >= 0.6 is 11.8 Å². The minimum Gasteiger partial charge on any atom is -0.323 e. The summed E-state index contributed by atoms with van der Waals surface area (Å²) in [6.07, 6.45) is 3.58. The van der Waals surface area contributed by atoms with Crippen molar-refractivity contribution in [2.45, 2.75) is 49.3 Å². The van der Waals surface area contributed by atoms with E-state index in [0.717, 1.165) is 6.42 Å². The molecule has 110 valence electrons. The predicted octanol–water partition coefficient (Wildman–Crippen LogP) is 4.80. The van der Waals surface area contributed by atoms with Crippen LogP contribution in [0, 0.1) is 13.8 Å². The summed E-state index contributed by atoms with van der Waals surface area (Å²) in [6, 6.07) is 15.5. The maximum Gasteiger partial charge on any atom is 0.0421 e. The first-order chi connectivity index (χ1) is 10.1. The molecule has 0 amide bonds. The summed E-state index contributed by atoms with van der Waals surface area (Å²) in [5, 5.41) is 0.467. The Bertz CT molecular complexity index is 635. The van der Waals surface area contributed by atoms with Gasteiger partial charge in [-0.3, -0.25) is 0 Å². The number of rotatable bonds is 2. The molecule has 0 saturated heterocycles. The van der Waals surface area contributed by atoms with Crippen LogP contribution < -0.4 is 5.73 Å². The van der Waals surface area contributed by atoms with Crippen LogP contribution in [0.4, 0.5) is 0 Å². The fourth-order valence-corrected chi connectivity index (χ4v) is 4.50. The largest absolute Gasteiger partial charge is 0.323 e. The molecule has 3 rings (SSSR count). The van der Waals surface area contributed by atoms with E-state index in [9.17, 15) is 0 Å².